The van der Waals surface area contributed by atoms with Gasteiger partial charge in [-0.25, -0.2) is 0 Å². The lowest BCUT2D eigenvalue weighted by atomic mass is 9.98. The molecule has 1 fully saturated rings. The van der Waals surface area contributed by atoms with Crippen LogP contribution in [0.2, 0.25) is 0 Å². The number of carbonyl (C=O) groups is 2. The van der Waals surface area contributed by atoms with E-state index in [1.165, 1.54) is 0 Å². The number of rotatable bonds is 2. The maximum absolute atomic E-state index is 12.0. The smallest absolute Gasteiger partial charge is 0.245 e. The Morgan fingerprint density at radius 3 is 2.13 bits per heavy atom. The van der Waals surface area contributed by atoms with Crippen molar-refractivity contribution in [2.45, 2.75) is 39.3 Å². The molecule has 0 aromatic heterocycles. The van der Waals surface area contributed by atoms with Crippen molar-refractivity contribution in [3.05, 3.63) is 0 Å². The van der Waals surface area contributed by atoms with Gasteiger partial charge in [0, 0.05) is 14.1 Å². The van der Waals surface area contributed by atoms with Crippen LogP contribution in [0.1, 0.15) is 27.2 Å². The number of amides is 2. The maximum Gasteiger partial charge on any atom is 0.245 e. The maximum atomic E-state index is 12.0. The second-order valence-corrected chi connectivity index (χ2v) is 4.72. The van der Waals surface area contributed by atoms with E-state index in [0.29, 0.717) is 5.92 Å². The highest BCUT2D eigenvalue weighted by Gasteiger charge is 2.40. The molecule has 0 spiro atoms. The summed E-state index contributed by atoms with van der Waals surface area (Å²) in [6, 6.07) is -0.607. The zero-order chi connectivity index (χ0) is 11.7. The summed E-state index contributed by atoms with van der Waals surface area (Å²) < 4.78 is 0. The van der Waals surface area contributed by atoms with E-state index in [2.05, 4.69) is 13.8 Å². The molecule has 0 bridgehead atoms. The highest BCUT2D eigenvalue weighted by molar-refractivity contribution is 5.96. The minimum Gasteiger partial charge on any atom is -0.332 e. The lowest BCUT2D eigenvalue weighted by Gasteiger charge is -2.41. The summed E-state index contributed by atoms with van der Waals surface area (Å²) in [6.45, 7) is 5.88. The second kappa shape index (κ2) is 4.21. The average molecular weight is 212 g/mol. The molecule has 0 aromatic rings. The number of piperazine rings is 1. The molecule has 1 saturated heterocycles. The van der Waals surface area contributed by atoms with Gasteiger partial charge in [0.1, 0.15) is 12.1 Å². The molecular weight excluding hydrogens is 192 g/mol. The summed E-state index contributed by atoms with van der Waals surface area (Å²) in [5.74, 6) is 0.497. The van der Waals surface area contributed by atoms with Crippen LogP contribution in [0.15, 0.2) is 0 Å². The molecule has 0 radical (unpaired) electrons. The molecule has 4 nitrogen and oxygen atoms in total. The Kier molecular flexibility index (Phi) is 3.37. The summed E-state index contributed by atoms with van der Waals surface area (Å²) in [4.78, 5) is 26.9. The monoisotopic (exact) mass is 212 g/mol. The number of nitrogens with zero attached hydrogens (tertiary/aromatic N) is 2. The first-order valence-corrected chi connectivity index (χ1v) is 5.39. The Labute approximate surface area is 91.2 Å². The third-order valence-corrected chi connectivity index (χ3v) is 3.08. The molecule has 0 aliphatic carbocycles. The fraction of sp³-hybridized carbons (Fsp3) is 0.818. The van der Waals surface area contributed by atoms with Gasteiger partial charge in [0.25, 0.3) is 0 Å². The highest BCUT2D eigenvalue weighted by atomic mass is 16.2. The minimum absolute atomic E-state index is 0.0303. The van der Waals surface area contributed by atoms with Crippen LogP contribution in [0.3, 0.4) is 0 Å². The summed E-state index contributed by atoms with van der Waals surface area (Å²) >= 11 is 0. The van der Waals surface area contributed by atoms with E-state index in [9.17, 15) is 9.59 Å². The van der Waals surface area contributed by atoms with Crippen molar-refractivity contribution in [3.63, 3.8) is 0 Å². The Morgan fingerprint density at radius 2 is 1.67 bits per heavy atom. The fourth-order valence-electron chi connectivity index (χ4n) is 1.91. The van der Waals surface area contributed by atoms with E-state index >= 15 is 0 Å². The molecule has 1 rings (SSSR count). The Hall–Kier alpha value is -1.06. The second-order valence-electron chi connectivity index (χ2n) is 4.72. The predicted molar refractivity (Wildman–Crippen MR) is 58.2 cm³/mol. The quantitative estimate of drug-likeness (QED) is 0.676. The first-order valence-electron chi connectivity index (χ1n) is 5.39. The third kappa shape index (κ3) is 2.13. The number of hydrogen-bond acceptors (Lipinski definition) is 2. The van der Waals surface area contributed by atoms with Crippen molar-refractivity contribution in [2.75, 3.05) is 14.1 Å². The Morgan fingerprint density at radius 1 is 1.13 bits per heavy atom. The standard InChI is InChI=1S/C11H20N2O2/c1-7(2)6-9-11(15)12(4)8(3)10(14)13(9)5/h7-9H,6H2,1-5H3/t8-,9-/m0/s1. The van der Waals surface area contributed by atoms with Gasteiger partial charge in [0.05, 0.1) is 0 Å². The molecule has 2 atom stereocenters. The van der Waals surface area contributed by atoms with Crippen LogP contribution < -0.4 is 0 Å². The average Bonchev–Trinajstić information content (AvgIpc) is 2.18. The SMILES string of the molecule is CC(C)C[C@H]1C(=O)N(C)[C@@H](C)C(=O)N1C. The van der Waals surface area contributed by atoms with Gasteiger partial charge in [-0.2, -0.15) is 0 Å². The lowest BCUT2D eigenvalue weighted by Crippen LogP contribution is -2.61. The van der Waals surface area contributed by atoms with E-state index < -0.39 is 0 Å². The molecule has 0 unspecified atom stereocenters. The van der Waals surface area contributed by atoms with Gasteiger partial charge >= 0.3 is 0 Å². The molecule has 1 heterocycles. The van der Waals surface area contributed by atoms with Crippen LogP contribution >= 0.6 is 0 Å². The zero-order valence-electron chi connectivity index (χ0n) is 10.2. The molecule has 2 amide bonds. The molecular formula is C11H20N2O2. The van der Waals surface area contributed by atoms with Gasteiger partial charge < -0.3 is 9.80 Å². The van der Waals surface area contributed by atoms with Crippen molar-refractivity contribution >= 4 is 11.8 Å². The van der Waals surface area contributed by atoms with Gasteiger partial charge in [0.15, 0.2) is 0 Å². The van der Waals surface area contributed by atoms with Crippen LogP contribution in [-0.4, -0.2) is 47.8 Å². The van der Waals surface area contributed by atoms with Crippen LogP contribution in [0, 0.1) is 5.92 Å². The first kappa shape index (κ1) is 12.0. The van der Waals surface area contributed by atoms with Crippen molar-refractivity contribution in [1.29, 1.82) is 0 Å². The molecule has 15 heavy (non-hydrogen) atoms. The van der Waals surface area contributed by atoms with Gasteiger partial charge in [0.2, 0.25) is 11.8 Å². The summed E-state index contributed by atoms with van der Waals surface area (Å²) in [7, 11) is 3.42. The van der Waals surface area contributed by atoms with Gasteiger partial charge in [-0.1, -0.05) is 13.8 Å². The molecule has 0 N–H and O–H groups in total. The van der Waals surface area contributed by atoms with Gasteiger partial charge in [-0.15, -0.1) is 0 Å². The molecule has 0 saturated carbocycles. The Balaban J connectivity index is 2.87. The van der Waals surface area contributed by atoms with Crippen molar-refractivity contribution in [2.24, 2.45) is 5.92 Å². The van der Waals surface area contributed by atoms with Gasteiger partial charge in [-0.3, -0.25) is 9.59 Å². The van der Waals surface area contributed by atoms with Crippen LogP contribution in [0.4, 0.5) is 0 Å². The number of carbonyl (C=O) groups excluding carboxylic acids is 2. The minimum atomic E-state index is -0.328. The van der Waals surface area contributed by atoms with E-state index in [0.717, 1.165) is 6.42 Å². The molecule has 86 valence electrons. The van der Waals surface area contributed by atoms with E-state index in [1.54, 1.807) is 30.8 Å². The highest BCUT2D eigenvalue weighted by Crippen LogP contribution is 2.20. The summed E-state index contributed by atoms with van der Waals surface area (Å²) in [6.07, 6.45) is 0.734. The normalized spacial score (nSPS) is 27.9. The summed E-state index contributed by atoms with van der Waals surface area (Å²) in [5.41, 5.74) is 0. The van der Waals surface area contributed by atoms with Crippen LogP contribution in [0.5, 0.6) is 0 Å². The fourth-order valence-corrected chi connectivity index (χ4v) is 1.91. The first-order chi connectivity index (χ1) is 6.86. The molecule has 0 aromatic carbocycles. The van der Waals surface area contributed by atoms with Crippen molar-refractivity contribution in [1.82, 2.24) is 9.80 Å². The predicted octanol–water partition coefficient (Wildman–Crippen LogP) is 0.720. The molecule has 4 heteroatoms. The van der Waals surface area contributed by atoms with Crippen molar-refractivity contribution < 1.29 is 9.59 Å². The largest absolute Gasteiger partial charge is 0.332 e. The lowest BCUT2D eigenvalue weighted by molar-refractivity contribution is -0.158. The number of likely N-dealkylation sites (N-methyl/N-ethyl adjacent to an activating group) is 2. The molecule has 1 aliphatic heterocycles. The van der Waals surface area contributed by atoms with Crippen LogP contribution in [-0.2, 0) is 9.59 Å². The van der Waals surface area contributed by atoms with E-state index in [1.807, 2.05) is 0 Å². The van der Waals surface area contributed by atoms with Crippen molar-refractivity contribution in [3.8, 4) is 0 Å². The topological polar surface area (TPSA) is 40.6 Å². The zero-order valence-corrected chi connectivity index (χ0v) is 10.2. The van der Waals surface area contributed by atoms with Gasteiger partial charge in [-0.05, 0) is 19.3 Å². The Bertz CT molecular complexity index is 276. The molecule has 1 aliphatic rings. The third-order valence-electron chi connectivity index (χ3n) is 3.08. The van der Waals surface area contributed by atoms with E-state index in [4.69, 9.17) is 0 Å². The number of hydrogen-bond donors (Lipinski definition) is 0. The summed E-state index contributed by atoms with van der Waals surface area (Å²) in [5, 5.41) is 0. The van der Waals surface area contributed by atoms with Crippen LogP contribution in [0.25, 0.3) is 0 Å². The van der Waals surface area contributed by atoms with E-state index in [-0.39, 0.29) is 23.9 Å².